The van der Waals surface area contributed by atoms with E-state index in [9.17, 15) is 9.90 Å². The van der Waals surface area contributed by atoms with Crippen LogP contribution in [-0.2, 0) is 11.2 Å². The predicted molar refractivity (Wildman–Crippen MR) is 76.5 cm³/mol. The number of aromatic nitrogens is 3. The summed E-state index contributed by atoms with van der Waals surface area (Å²) in [6, 6.07) is 0. The molecule has 112 valence electrons. The first kappa shape index (κ1) is 15.0. The third kappa shape index (κ3) is 3.02. The fourth-order valence-corrected chi connectivity index (χ4v) is 2.81. The largest absolute Gasteiger partial charge is 0.481 e. The molecule has 0 saturated heterocycles. The van der Waals surface area contributed by atoms with Gasteiger partial charge in [0.25, 0.3) is 0 Å². The van der Waals surface area contributed by atoms with E-state index < -0.39 is 11.4 Å². The SMILES string of the molecule is CC(C)C(C)(Cc1nc(C2CCCCC2)n[nH]1)C(=O)O. The number of aliphatic carboxylic acids is 1. The van der Waals surface area contributed by atoms with E-state index in [2.05, 4.69) is 15.2 Å². The van der Waals surface area contributed by atoms with Crippen LogP contribution in [0.25, 0.3) is 0 Å². The normalized spacial score (nSPS) is 20.0. The fourth-order valence-electron chi connectivity index (χ4n) is 2.81. The van der Waals surface area contributed by atoms with E-state index >= 15 is 0 Å². The molecule has 1 atom stereocenters. The Balaban J connectivity index is 2.10. The Kier molecular flexibility index (Phi) is 4.45. The summed E-state index contributed by atoms with van der Waals surface area (Å²) in [5, 5.41) is 16.7. The van der Waals surface area contributed by atoms with Gasteiger partial charge in [0.1, 0.15) is 5.82 Å². The van der Waals surface area contributed by atoms with E-state index in [-0.39, 0.29) is 5.92 Å². The molecule has 1 unspecified atom stereocenters. The molecule has 0 radical (unpaired) electrons. The van der Waals surface area contributed by atoms with E-state index in [1.807, 2.05) is 13.8 Å². The lowest BCUT2D eigenvalue weighted by atomic mass is 9.76. The van der Waals surface area contributed by atoms with Crippen molar-refractivity contribution in [1.29, 1.82) is 0 Å². The highest BCUT2D eigenvalue weighted by Gasteiger charge is 2.38. The quantitative estimate of drug-likeness (QED) is 0.867. The molecular formula is C15H25N3O2. The maximum absolute atomic E-state index is 11.5. The summed E-state index contributed by atoms with van der Waals surface area (Å²) >= 11 is 0. The zero-order valence-corrected chi connectivity index (χ0v) is 12.6. The summed E-state index contributed by atoms with van der Waals surface area (Å²) in [7, 11) is 0. The molecule has 1 fully saturated rings. The van der Waals surface area contributed by atoms with Gasteiger partial charge in [0.15, 0.2) is 5.82 Å². The van der Waals surface area contributed by atoms with Crippen LogP contribution in [0.2, 0.25) is 0 Å². The van der Waals surface area contributed by atoms with E-state index in [0.717, 1.165) is 18.7 Å². The third-order valence-electron chi connectivity index (χ3n) is 4.82. The Morgan fingerprint density at radius 1 is 1.40 bits per heavy atom. The van der Waals surface area contributed by atoms with Gasteiger partial charge in [-0.25, -0.2) is 4.98 Å². The summed E-state index contributed by atoms with van der Waals surface area (Å²) in [5.41, 5.74) is -0.802. The van der Waals surface area contributed by atoms with Gasteiger partial charge in [-0.1, -0.05) is 33.1 Å². The summed E-state index contributed by atoms with van der Waals surface area (Å²) in [6.07, 6.45) is 6.49. The molecule has 0 spiro atoms. The standard InChI is InChI=1S/C15H25N3O2/c1-10(2)15(3,14(19)20)9-12-16-13(18-17-12)11-7-5-4-6-8-11/h10-11H,4-9H2,1-3H3,(H,19,20)(H,16,17,18). The predicted octanol–water partition coefficient (Wildman–Crippen LogP) is 3.14. The van der Waals surface area contributed by atoms with Crippen molar-refractivity contribution in [1.82, 2.24) is 15.2 Å². The number of hydrogen-bond acceptors (Lipinski definition) is 3. The minimum absolute atomic E-state index is 0.0447. The first-order chi connectivity index (χ1) is 9.43. The summed E-state index contributed by atoms with van der Waals surface area (Å²) in [5.74, 6) is 1.29. The molecule has 1 aromatic rings. The number of aromatic amines is 1. The Labute approximate surface area is 120 Å². The van der Waals surface area contributed by atoms with Crippen molar-refractivity contribution in [3.63, 3.8) is 0 Å². The molecule has 2 rings (SSSR count). The highest BCUT2D eigenvalue weighted by Crippen LogP contribution is 2.33. The van der Waals surface area contributed by atoms with Crippen LogP contribution in [-0.4, -0.2) is 26.3 Å². The molecule has 1 aliphatic rings. The van der Waals surface area contributed by atoms with Gasteiger partial charge in [0.2, 0.25) is 0 Å². The number of nitrogens with zero attached hydrogens (tertiary/aromatic N) is 2. The molecule has 2 N–H and O–H groups in total. The highest BCUT2D eigenvalue weighted by molar-refractivity contribution is 5.74. The van der Waals surface area contributed by atoms with Gasteiger partial charge in [-0.3, -0.25) is 9.89 Å². The zero-order chi connectivity index (χ0) is 14.8. The van der Waals surface area contributed by atoms with Crippen molar-refractivity contribution in [3.05, 3.63) is 11.6 Å². The monoisotopic (exact) mass is 279 g/mol. The lowest BCUT2D eigenvalue weighted by molar-refractivity contribution is -0.150. The van der Waals surface area contributed by atoms with Gasteiger partial charge in [-0.05, 0) is 25.7 Å². The molecule has 0 aromatic carbocycles. The molecular weight excluding hydrogens is 254 g/mol. The topological polar surface area (TPSA) is 78.9 Å². The summed E-state index contributed by atoms with van der Waals surface area (Å²) in [6.45, 7) is 5.65. The van der Waals surface area contributed by atoms with Gasteiger partial charge in [0, 0.05) is 12.3 Å². The maximum Gasteiger partial charge on any atom is 0.310 e. The molecule has 5 nitrogen and oxygen atoms in total. The Bertz CT molecular complexity index is 463. The number of carbonyl (C=O) groups is 1. The van der Waals surface area contributed by atoms with Crippen molar-refractivity contribution in [3.8, 4) is 0 Å². The number of hydrogen-bond donors (Lipinski definition) is 2. The van der Waals surface area contributed by atoms with Crippen LogP contribution in [0.1, 0.15) is 70.4 Å². The van der Waals surface area contributed by atoms with Crippen molar-refractivity contribution in [2.75, 3.05) is 0 Å². The number of nitrogens with one attached hydrogen (secondary N) is 1. The minimum atomic E-state index is -0.802. The molecule has 1 aromatic heterocycles. The zero-order valence-electron chi connectivity index (χ0n) is 12.6. The second-order valence-corrected chi connectivity index (χ2v) is 6.53. The van der Waals surface area contributed by atoms with Crippen molar-refractivity contribution in [2.24, 2.45) is 11.3 Å². The number of H-pyrrole nitrogens is 1. The van der Waals surface area contributed by atoms with Gasteiger partial charge in [-0.15, -0.1) is 0 Å². The second-order valence-electron chi connectivity index (χ2n) is 6.53. The first-order valence-corrected chi connectivity index (χ1v) is 7.58. The second kappa shape index (κ2) is 5.94. The smallest absolute Gasteiger partial charge is 0.310 e. The molecule has 1 aliphatic carbocycles. The van der Waals surface area contributed by atoms with Crippen molar-refractivity contribution < 1.29 is 9.90 Å². The van der Waals surface area contributed by atoms with Gasteiger partial charge >= 0.3 is 5.97 Å². The molecule has 1 saturated carbocycles. The highest BCUT2D eigenvalue weighted by atomic mass is 16.4. The number of carboxylic acids is 1. The summed E-state index contributed by atoms with van der Waals surface area (Å²) in [4.78, 5) is 16.1. The van der Waals surface area contributed by atoms with E-state index in [4.69, 9.17) is 0 Å². The molecule has 0 aliphatic heterocycles. The Morgan fingerprint density at radius 3 is 2.60 bits per heavy atom. The molecule has 5 heteroatoms. The van der Waals surface area contributed by atoms with Gasteiger partial charge in [-0.2, -0.15) is 5.10 Å². The molecule has 20 heavy (non-hydrogen) atoms. The van der Waals surface area contributed by atoms with Crippen LogP contribution in [0, 0.1) is 11.3 Å². The molecule has 0 amide bonds. The number of rotatable bonds is 5. The van der Waals surface area contributed by atoms with Crippen LogP contribution < -0.4 is 0 Å². The van der Waals surface area contributed by atoms with Gasteiger partial charge < -0.3 is 5.11 Å². The van der Waals surface area contributed by atoms with Crippen LogP contribution in [0.15, 0.2) is 0 Å². The lowest BCUT2D eigenvalue weighted by Crippen LogP contribution is -2.35. The average Bonchev–Trinajstić information content (AvgIpc) is 2.87. The lowest BCUT2D eigenvalue weighted by Gasteiger charge is -2.27. The molecule has 0 bridgehead atoms. The Hall–Kier alpha value is -1.39. The van der Waals surface area contributed by atoms with Gasteiger partial charge in [0.05, 0.1) is 5.41 Å². The minimum Gasteiger partial charge on any atom is -0.481 e. The van der Waals surface area contributed by atoms with Crippen LogP contribution in [0.4, 0.5) is 0 Å². The number of carboxylic acid groups (broad SMARTS) is 1. The van der Waals surface area contributed by atoms with E-state index in [1.165, 1.54) is 19.3 Å². The van der Waals surface area contributed by atoms with Crippen LogP contribution in [0.3, 0.4) is 0 Å². The first-order valence-electron chi connectivity index (χ1n) is 7.58. The van der Waals surface area contributed by atoms with Crippen LogP contribution in [0.5, 0.6) is 0 Å². The van der Waals surface area contributed by atoms with Crippen molar-refractivity contribution >= 4 is 5.97 Å². The maximum atomic E-state index is 11.5. The van der Waals surface area contributed by atoms with Crippen molar-refractivity contribution in [2.45, 2.75) is 65.2 Å². The third-order valence-corrected chi connectivity index (χ3v) is 4.82. The Morgan fingerprint density at radius 2 is 2.05 bits per heavy atom. The molecule has 1 heterocycles. The fraction of sp³-hybridized carbons (Fsp3) is 0.800. The summed E-state index contributed by atoms with van der Waals surface area (Å²) < 4.78 is 0. The van der Waals surface area contributed by atoms with E-state index in [0.29, 0.717) is 18.2 Å². The van der Waals surface area contributed by atoms with E-state index in [1.54, 1.807) is 6.92 Å². The van der Waals surface area contributed by atoms with Crippen LogP contribution >= 0.6 is 0 Å². The average molecular weight is 279 g/mol.